The lowest BCUT2D eigenvalue weighted by Gasteiger charge is -2.31. The van der Waals surface area contributed by atoms with Crippen LogP contribution in [0.4, 0.5) is 4.39 Å². The van der Waals surface area contributed by atoms with Crippen LogP contribution in [-0.4, -0.2) is 50.4 Å². The van der Waals surface area contributed by atoms with E-state index in [1.807, 2.05) is 37.3 Å². The lowest BCUT2D eigenvalue weighted by Crippen LogP contribution is -2.36. The van der Waals surface area contributed by atoms with Gasteiger partial charge in [-0.15, -0.1) is 5.10 Å². The third kappa shape index (κ3) is 6.16. The van der Waals surface area contributed by atoms with Crippen LogP contribution in [0.1, 0.15) is 39.7 Å². The molecule has 5 rings (SSSR count). The van der Waals surface area contributed by atoms with E-state index in [2.05, 4.69) is 50.5 Å². The maximum absolute atomic E-state index is 13.8. The average Bonchev–Trinajstić information content (AvgIpc) is 3.41. The average molecular weight is 541 g/mol. The topological polar surface area (TPSA) is 88.9 Å². The minimum atomic E-state index is -0.574. The first-order chi connectivity index (χ1) is 19.4. The molecule has 0 saturated heterocycles. The summed E-state index contributed by atoms with van der Waals surface area (Å²) in [5.41, 5.74) is 5.45. The third-order valence-electron chi connectivity index (χ3n) is 7.29. The fraction of sp³-hybridized carbons (Fsp3) is 0.290. The summed E-state index contributed by atoms with van der Waals surface area (Å²) in [5.74, 6) is 0.247. The molecule has 0 aliphatic carbocycles. The first-order valence-electron chi connectivity index (χ1n) is 13.3. The Morgan fingerprint density at radius 2 is 1.75 bits per heavy atom. The molecule has 2 heterocycles. The predicted molar refractivity (Wildman–Crippen MR) is 153 cm³/mol. The molecular weight excluding hydrogens is 507 g/mol. The molecule has 8 nitrogen and oxygen atoms in total. The summed E-state index contributed by atoms with van der Waals surface area (Å²) >= 11 is 0. The number of benzene rings is 3. The van der Waals surface area contributed by atoms with Crippen LogP contribution in [0.3, 0.4) is 0 Å². The molecule has 1 unspecified atom stereocenters. The molecule has 0 radical (unpaired) electrons. The second-order valence-corrected chi connectivity index (χ2v) is 10.1. The summed E-state index contributed by atoms with van der Waals surface area (Å²) in [7, 11) is 1.63. The van der Waals surface area contributed by atoms with E-state index in [1.165, 1.54) is 17.7 Å². The Morgan fingerprint density at radius 3 is 2.50 bits per heavy atom. The van der Waals surface area contributed by atoms with E-state index in [0.29, 0.717) is 37.6 Å². The predicted octanol–water partition coefficient (Wildman–Crippen LogP) is 4.75. The summed E-state index contributed by atoms with van der Waals surface area (Å²) in [6.07, 6.45) is 0.738. The molecule has 1 atom stereocenters. The number of rotatable bonds is 11. The van der Waals surface area contributed by atoms with Crippen molar-refractivity contribution in [3.8, 4) is 0 Å². The molecule has 0 spiro atoms. The first kappa shape index (κ1) is 27.4. The van der Waals surface area contributed by atoms with Crippen molar-refractivity contribution in [2.75, 3.05) is 20.3 Å². The van der Waals surface area contributed by atoms with Gasteiger partial charge in [0.1, 0.15) is 11.9 Å². The van der Waals surface area contributed by atoms with Crippen molar-refractivity contribution in [3.05, 3.63) is 123 Å². The summed E-state index contributed by atoms with van der Waals surface area (Å²) in [5, 5.41) is 13.6. The van der Waals surface area contributed by atoms with Crippen LogP contribution in [0.5, 0.6) is 0 Å². The highest BCUT2D eigenvalue weighted by molar-refractivity contribution is 5.81. The Morgan fingerprint density at radius 1 is 1.00 bits per heavy atom. The van der Waals surface area contributed by atoms with Crippen molar-refractivity contribution in [2.45, 2.75) is 39.4 Å². The molecule has 1 N–H and O–H groups in total. The number of hydrogen-bond acceptors (Lipinski definition) is 6. The number of tetrazole rings is 1. The summed E-state index contributed by atoms with van der Waals surface area (Å²) in [4.78, 5) is 19.0. The zero-order valence-corrected chi connectivity index (χ0v) is 23.0. The normalized spacial score (nSPS) is 12.3. The summed E-state index contributed by atoms with van der Waals surface area (Å²) in [6.45, 7) is 6.00. The van der Waals surface area contributed by atoms with Gasteiger partial charge in [0, 0.05) is 31.3 Å². The van der Waals surface area contributed by atoms with E-state index >= 15 is 0 Å². The van der Waals surface area contributed by atoms with Gasteiger partial charge in [-0.05, 0) is 88.7 Å². The van der Waals surface area contributed by atoms with E-state index in [0.717, 1.165) is 34.0 Å². The molecule has 40 heavy (non-hydrogen) atoms. The largest absolute Gasteiger partial charge is 0.383 e. The SMILES string of the molecule is COCCn1nnnc1C(c1cc2cc(C)c(C)cc2[nH]c1=O)N(CCc1ccccc1)Cc1ccc(F)cc1. The first-order valence-corrected chi connectivity index (χ1v) is 13.3. The van der Waals surface area contributed by atoms with Crippen LogP contribution in [0.25, 0.3) is 10.9 Å². The van der Waals surface area contributed by atoms with Gasteiger partial charge in [-0.25, -0.2) is 9.07 Å². The highest BCUT2D eigenvalue weighted by Gasteiger charge is 2.30. The van der Waals surface area contributed by atoms with Crippen LogP contribution < -0.4 is 5.56 Å². The van der Waals surface area contributed by atoms with Crippen molar-refractivity contribution in [1.82, 2.24) is 30.1 Å². The van der Waals surface area contributed by atoms with E-state index in [9.17, 15) is 9.18 Å². The zero-order valence-electron chi connectivity index (χ0n) is 23.0. The Balaban J connectivity index is 1.65. The highest BCUT2D eigenvalue weighted by atomic mass is 19.1. The Bertz CT molecular complexity index is 1630. The Labute approximate surface area is 232 Å². The van der Waals surface area contributed by atoms with E-state index in [4.69, 9.17) is 4.74 Å². The number of nitrogens with one attached hydrogen (secondary N) is 1. The number of aryl methyl sites for hydroxylation is 2. The molecule has 3 aromatic carbocycles. The van der Waals surface area contributed by atoms with Crippen LogP contribution in [0.2, 0.25) is 0 Å². The number of fused-ring (bicyclic) bond motifs is 1. The molecule has 2 aromatic heterocycles. The van der Waals surface area contributed by atoms with Crippen LogP contribution in [-0.2, 0) is 24.2 Å². The molecule has 206 valence electrons. The number of nitrogens with zero attached hydrogens (tertiary/aromatic N) is 5. The quantitative estimate of drug-likeness (QED) is 0.260. The van der Waals surface area contributed by atoms with Crippen molar-refractivity contribution in [2.24, 2.45) is 0 Å². The third-order valence-corrected chi connectivity index (χ3v) is 7.29. The Kier molecular flexibility index (Phi) is 8.42. The van der Waals surface area contributed by atoms with Gasteiger partial charge >= 0.3 is 0 Å². The van der Waals surface area contributed by atoms with Crippen molar-refractivity contribution >= 4 is 10.9 Å². The maximum Gasteiger partial charge on any atom is 0.253 e. The maximum atomic E-state index is 13.8. The second kappa shape index (κ2) is 12.3. The zero-order chi connectivity index (χ0) is 28.1. The number of aromatic nitrogens is 5. The van der Waals surface area contributed by atoms with Crippen molar-refractivity contribution in [1.29, 1.82) is 0 Å². The van der Waals surface area contributed by atoms with Gasteiger partial charge in [0.15, 0.2) is 5.82 Å². The number of hydrogen-bond donors (Lipinski definition) is 1. The summed E-state index contributed by atoms with van der Waals surface area (Å²) in [6, 6.07) is 22.1. The molecule has 5 aromatic rings. The molecule has 0 fully saturated rings. The standard InChI is InChI=1S/C31H33FN6O2/c1-21-17-25-19-27(31(39)33-28(25)18-22(21)2)29(30-34-35-36-38(30)15-16-40-3)37(14-13-23-7-5-4-6-8-23)20-24-9-11-26(32)12-10-24/h4-12,17-19,29H,13-16,20H2,1-3H3,(H,33,39). The molecule has 0 aliphatic rings. The fourth-order valence-corrected chi connectivity index (χ4v) is 4.98. The lowest BCUT2D eigenvalue weighted by atomic mass is 9.99. The van der Waals surface area contributed by atoms with Crippen LogP contribution in [0, 0.1) is 19.7 Å². The van der Waals surface area contributed by atoms with Gasteiger partial charge in [0.2, 0.25) is 0 Å². The molecule has 0 amide bonds. The van der Waals surface area contributed by atoms with Gasteiger partial charge in [-0.2, -0.15) is 0 Å². The minimum Gasteiger partial charge on any atom is -0.383 e. The molecular formula is C31H33FN6O2. The van der Waals surface area contributed by atoms with E-state index < -0.39 is 6.04 Å². The van der Waals surface area contributed by atoms with E-state index in [1.54, 1.807) is 23.9 Å². The molecule has 0 aliphatic heterocycles. The van der Waals surface area contributed by atoms with Gasteiger partial charge in [-0.1, -0.05) is 42.5 Å². The number of H-pyrrole nitrogens is 1. The number of pyridine rings is 1. The smallest absolute Gasteiger partial charge is 0.253 e. The second-order valence-electron chi connectivity index (χ2n) is 10.1. The number of aromatic amines is 1. The molecule has 0 saturated carbocycles. The molecule has 9 heteroatoms. The van der Waals surface area contributed by atoms with Crippen molar-refractivity contribution < 1.29 is 9.13 Å². The van der Waals surface area contributed by atoms with E-state index in [-0.39, 0.29) is 11.4 Å². The van der Waals surface area contributed by atoms with Crippen molar-refractivity contribution in [3.63, 3.8) is 0 Å². The number of methoxy groups -OCH3 is 1. The molecule has 0 bridgehead atoms. The van der Waals surface area contributed by atoms with Gasteiger partial charge in [-0.3, -0.25) is 9.69 Å². The van der Waals surface area contributed by atoms with Crippen LogP contribution in [0.15, 0.2) is 77.6 Å². The minimum absolute atomic E-state index is 0.203. The number of halogens is 1. The summed E-state index contributed by atoms with van der Waals surface area (Å²) < 4.78 is 20.8. The fourth-order valence-electron chi connectivity index (χ4n) is 4.98. The van der Waals surface area contributed by atoms with Gasteiger partial charge < -0.3 is 9.72 Å². The number of ether oxygens (including phenoxy) is 1. The lowest BCUT2D eigenvalue weighted by molar-refractivity contribution is 0.172. The van der Waals surface area contributed by atoms with Crippen LogP contribution >= 0.6 is 0 Å². The van der Waals surface area contributed by atoms with Gasteiger partial charge in [0.05, 0.1) is 13.2 Å². The monoisotopic (exact) mass is 540 g/mol. The Hall–Kier alpha value is -4.21. The van der Waals surface area contributed by atoms with Gasteiger partial charge in [0.25, 0.3) is 5.56 Å². The highest BCUT2D eigenvalue weighted by Crippen LogP contribution is 2.29.